The number of amides is 1. The number of nitrogens with two attached hydrogens (primary N) is 1. The molecule has 0 aromatic carbocycles. The Hall–Kier alpha value is -0.640. The van der Waals surface area contributed by atoms with E-state index in [0.717, 1.165) is 38.6 Å². The number of thiocarbonyl (C=S) groups is 1. The molecule has 1 heterocycles. The summed E-state index contributed by atoms with van der Waals surface area (Å²) in [5.41, 5.74) is 5.66. The number of carbonyl (C=O) groups excluding carboxylic acids is 1. The van der Waals surface area contributed by atoms with Crippen LogP contribution in [0.25, 0.3) is 0 Å². The third-order valence-electron chi connectivity index (χ3n) is 2.90. The topological polar surface area (TPSA) is 46.3 Å². The van der Waals surface area contributed by atoms with E-state index < -0.39 is 0 Å². The first-order chi connectivity index (χ1) is 7.16. The zero-order valence-corrected chi connectivity index (χ0v) is 10.2. The minimum Gasteiger partial charge on any atom is -0.392 e. The van der Waals surface area contributed by atoms with Gasteiger partial charge < -0.3 is 10.6 Å². The van der Waals surface area contributed by atoms with Gasteiger partial charge in [-0.15, -0.1) is 0 Å². The van der Waals surface area contributed by atoms with Gasteiger partial charge in [-0.1, -0.05) is 25.6 Å². The molecule has 3 nitrogen and oxygen atoms in total. The number of unbranched alkanes of at least 4 members (excludes halogenated alkanes) is 1. The molecule has 1 unspecified atom stereocenters. The molecule has 0 saturated carbocycles. The maximum absolute atomic E-state index is 11.9. The summed E-state index contributed by atoms with van der Waals surface area (Å²) < 4.78 is 0. The molecule has 15 heavy (non-hydrogen) atoms. The van der Waals surface area contributed by atoms with Crippen LogP contribution in [0.4, 0.5) is 0 Å². The summed E-state index contributed by atoms with van der Waals surface area (Å²) in [6.45, 7) is 2.92. The van der Waals surface area contributed by atoms with Crippen molar-refractivity contribution in [1.82, 2.24) is 4.90 Å². The predicted molar refractivity (Wildman–Crippen MR) is 65.7 cm³/mol. The first-order valence-corrected chi connectivity index (χ1v) is 6.16. The van der Waals surface area contributed by atoms with Gasteiger partial charge in [0.1, 0.15) is 0 Å². The molecule has 86 valence electrons. The average molecular weight is 228 g/mol. The van der Waals surface area contributed by atoms with Crippen molar-refractivity contribution < 1.29 is 4.79 Å². The summed E-state index contributed by atoms with van der Waals surface area (Å²) in [5.74, 6) is 0.217. The fourth-order valence-corrected chi connectivity index (χ4v) is 2.24. The van der Waals surface area contributed by atoms with E-state index in [1.807, 2.05) is 4.90 Å². The summed E-state index contributed by atoms with van der Waals surface area (Å²) >= 11 is 5.01. The number of nitrogens with zero attached hydrogens (tertiary/aromatic N) is 1. The summed E-state index contributed by atoms with van der Waals surface area (Å²) in [5, 5.41) is 0. The van der Waals surface area contributed by atoms with Crippen molar-refractivity contribution in [3.8, 4) is 0 Å². The van der Waals surface area contributed by atoms with Crippen molar-refractivity contribution in [3.05, 3.63) is 0 Å². The first kappa shape index (κ1) is 12.4. The van der Waals surface area contributed by atoms with E-state index in [0.29, 0.717) is 11.4 Å². The van der Waals surface area contributed by atoms with Crippen LogP contribution in [0.3, 0.4) is 0 Å². The van der Waals surface area contributed by atoms with Crippen LogP contribution in [0, 0.1) is 0 Å². The summed E-state index contributed by atoms with van der Waals surface area (Å²) in [6, 6.07) is 0.0121. The van der Waals surface area contributed by atoms with Crippen LogP contribution in [0.15, 0.2) is 0 Å². The van der Waals surface area contributed by atoms with Crippen molar-refractivity contribution in [1.29, 1.82) is 0 Å². The number of hydrogen-bond acceptors (Lipinski definition) is 2. The molecule has 1 fully saturated rings. The molecule has 1 amide bonds. The lowest BCUT2D eigenvalue weighted by Crippen LogP contribution is -2.49. The van der Waals surface area contributed by atoms with Crippen LogP contribution >= 0.6 is 12.2 Å². The Morgan fingerprint density at radius 3 is 2.87 bits per heavy atom. The average Bonchev–Trinajstić information content (AvgIpc) is 2.25. The molecule has 1 rings (SSSR count). The van der Waals surface area contributed by atoms with Gasteiger partial charge >= 0.3 is 0 Å². The Bertz CT molecular complexity index is 243. The quantitative estimate of drug-likeness (QED) is 0.747. The molecule has 0 radical (unpaired) electrons. The maximum atomic E-state index is 11.9. The van der Waals surface area contributed by atoms with Gasteiger partial charge in [-0.2, -0.15) is 0 Å². The van der Waals surface area contributed by atoms with E-state index in [2.05, 4.69) is 6.92 Å². The van der Waals surface area contributed by atoms with Gasteiger partial charge in [0, 0.05) is 13.0 Å². The number of hydrogen-bond donors (Lipinski definition) is 1. The molecule has 0 aliphatic carbocycles. The normalized spacial score (nSPS) is 21.4. The van der Waals surface area contributed by atoms with Crippen molar-refractivity contribution in [2.75, 3.05) is 6.54 Å². The van der Waals surface area contributed by atoms with Crippen molar-refractivity contribution >= 4 is 23.1 Å². The van der Waals surface area contributed by atoms with E-state index in [-0.39, 0.29) is 11.9 Å². The molecular weight excluding hydrogens is 208 g/mol. The van der Waals surface area contributed by atoms with Gasteiger partial charge in [-0.05, 0) is 25.7 Å². The molecule has 1 aliphatic heterocycles. The minimum absolute atomic E-state index is 0.0121. The Balaban J connectivity index is 2.55. The van der Waals surface area contributed by atoms with Crippen LogP contribution in [-0.2, 0) is 4.79 Å². The highest BCUT2D eigenvalue weighted by molar-refractivity contribution is 7.80. The van der Waals surface area contributed by atoms with E-state index in [4.69, 9.17) is 18.0 Å². The Morgan fingerprint density at radius 2 is 2.27 bits per heavy atom. The Labute approximate surface area is 97.0 Å². The molecule has 0 bridgehead atoms. The molecular formula is C11H20N2OS. The van der Waals surface area contributed by atoms with Crippen LogP contribution in [0.5, 0.6) is 0 Å². The molecule has 0 aromatic heterocycles. The third kappa shape index (κ3) is 3.45. The van der Waals surface area contributed by atoms with Crippen LogP contribution < -0.4 is 5.73 Å². The van der Waals surface area contributed by atoms with Crippen LogP contribution in [0.2, 0.25) is 0 Å². The standard InChI is InChI=1S/C11H20N2OS/c1-2-3-7-10(14)13-8-5-4-6-9(13)11(12)15/h9H,2-8H2,1H3,(H2,12,15). The molecule has 0 aromatic rings. The van der Waals surface area contributed by atoms with E-state index in [1.54, 1.807) is 0 Å². The van der Waals surface area contributed by atoms with Crippen molar-refractivity contribution in [2.45, 2.75) is 51.5 Å². The second-order valence-electron chi connectivity index (χ2n) is 4.10. The Morgan fingerprint density at radius 1 is 1.53 bits per heavy atom. The van der Waals surface area contributed by atoms with Crippen LogP contribution in [0.1, 0.15) is 45.4 Å². The van der Waals surface area contributed by atoms with Gasteiger partial charge in [-0.3, -0.25) is 4.79 Å². The first-order valence-electron chi connectivity index (χ1n) is 5.75. The molecule has 1 saturated heterocycles. The smallest absolute Gasteiger partial charge is 0.223 e. The van der Waals surface area contributed by atoms with Gasteiger partial charge in [0.05, 0.1) is 11.0 Å². The maximum Gasteiger partial charge on any atom is 0.223 e. The number of carbonyl (C=O) groups is 1. The third-order valence-corrected chi connectivity index (χ3v) is 3.17. The lowest BCUT2D eigenvalue weighted by molar-refractivity contribution is -0.133. The van der Waals surface area contributed by atoms with Gasteiger partial charge in [-0.25, -0.2) is 0 Å². The predicted octanol–water partition coefficient (Wildman–Crippen LogP) is 1.84. The lowest BCUT2D eigenvalue weighted by Gasteiger charge is -2.35. The van der Waals surface area contributed by atoms with Gasteiger partial charge in [0.25, 0.3) is 0 Å². The fraction of sp³-hybridized carbons (Fsp3) is 0.818. The van der Waals surface area contributed by atoms with E-state index >= 15 is 0 Å². The minimum atomic E-state index is 0.0121. The summed E-state index contributed by atoms with van der Waals surface area (Å²) in [6.07, 6.45) is 5.79. The summed E-state index contributed by atoms with van der Waals surface area (Å²) in [4.78, 5) is 14.2. The Kier molecular flexibility index (Phi) is 5.02. The zero-order chi connectivity index (χ0) is 11.3. The summed E-state index contributed by atoms with van der Waals surface area (Å²) in [7, 11) is 0. The number of rotatable bonds is 4. The zero-order valence-electron chi connectivity index (χ0n) is 9.37. The molecule has 0 spiro atoms. The molecule has 2 N–H and O–H groups in total. The van der Waals surface area contributed by atoms with Gasteiger partial charge in [0.2, 0.25) is 5.91 Å². The highest BCUT2D eigenvalue weighted by Gasteiger charge is 2.27. The van der Waals surface area contributed by atoms with E-state index in [1.165, 1.54) is 0 Å². The molecule has 1 aliphatic rings. The van der Waals surface area contributed by atoms with Gasteiger partial charge in [0.15, 0.2) is 0 Å². The van der Waals surface area contributed by atoms with E-state index in [9.17, 15) is 4.79 Å². The number of likely N-dealkylation sites (tertiary alicyclic amines) is 1. The largest absolute Gasteiger partial charge is 0.392 e. The highest BCUT2D eigenvalue weighted by Crippen LogP contribution is 2.18. The second-order valence-corrected chi connectivity index (χ2v) is 4.58. The number of piperidine rings is 1. The monoisotopic (exact) mass is 228 g/mol. The fourth-order valence-electron chi connectivity index (χ4n) is 2.00. The molecule has 4 heteroatoms. The highest BCUT2D eigenvalue weighted by atomic mass is 32.1. The van der Waals surface area contributed by atoms with Crippen molar-refractivity contribution in [2.24, 2.45) is 5.73 Å². The lowest BCUT2D eigenvalue weighted by atomic mass is 10.0. The molecule has 1 atom stereocenters. The van der Waals surface area contributed by atoms with Crippen molar-refractivity contribution in [3.63, 3.8) is 0 Å². The SMILES string of the molecule is CCCCC(=O)N1CCCCC1C(N)=S. The van der Waals surface area contributed by atoms with Crippen LogP contribution in [-0.4, -0.2) is 28.4 Å². The second kappa shape index (κ2) is 6.05.